The van der Waals surface area contributed by atoms with E-state index in [1.807, 2.05) is 0 Å². The van der Waals surface area contributed by atoms with Gasteiger partial charge in [0.1, 0.15) is 0 Å². The zero-order valence-electron chi connectivity index (χ0n) is 13.2. The van der Waals surface area contributed by atoms with Crippen LogP contribution in [0.25, 0.3) is 0 Å². The maximum atomic E-state index is 12.3. The number of aryl methyl sites for hydroxylation is 1. The summed E-state index contributed by atoms with van der Waals surface area (Å²) in [7, 11) is 0. The number of fused-ring (bicyclic) bond motifs is 1. The van der Waals surface area contributed by atoms with Crippen molar-refractivity contribution in [2.24, 2.45) is 5.73 Å². The van der Waals surface area contributed by atoms with Gasteiger partial charge in [0, 0.05) is 23.1 Å². The predicted octanol–water partition coefficient (Wildman–Crippen LogP) is 2.45. The first-order chi connectivity index (χ1) is 11.8. The molecule has 0 radical (unpaired) electrons. The number of rotatable bonds is 4. The smallest absolute Gasteiger partial charge is 0.277 e. The number of aromatic nitrogens is 1. The van der Waals surface area contributed by atoms with Gasteiger partial charge in [0.25, 0.3) is 17.3 Å². The molecule has 1 aliphatic rings. The lowest BCUT2D eigenvalue weighted by Crippen LogP contribution is -2.27. The normalized spacial score (nSPS) is 15.5. The molecule has 1 amide bonds. The highest BCUT2D eigenvalue weighted by Gasteiger charge is 2.23. The second kappa shape index (κ2) is 7.72. The molecule has 3 N–H and O–H groups in total. The van der Waals surface area contributed by atoms with E-state index < -0.39 is 27.1 Å². The monoisotopic (exact) mass is 399 g/mol. The molecule has 1 atom stereocenters. The molecule has 0 bridgehead atoms. The fourth-order valence-corrected chi connectivity index (χ4v) is 3.66. The Bertz CT molecular complexity index is 854. The molecule has 1 aliphatic carbocycles. The van der Waals surface area contributed by atoms with Crippen LogP contribution >= 0.6 is 23.7 Å². The summed E-state index contributed by atoms with van der Waals surface area (Å²) in [5.41, 5.74) is 5.56. The third-order valence-corrected chi connectivity index (χ3v) is 4.82. The standard InChI is InChI=1S/C14H13N5O5S.ClH/c15-8-1-2-11-12(5-8)25-14(16-11)17-13(20)7-3-9(18(21)22)6-10(4-7)19(23)24;/h3-4,6,8H,1-2,5,15H2,(H,16,17,20);1H/t8-;/m0./s1. The molecular weight excluding hydrogens is 386 g/mol. The zero-order chi connectivity index (χ0) is 18.1. The molecule has 0 aliphatic heterocycles. The number of halogens is 1. The van der Waals surface area contributed by atoms with Crippen LogP contribution in [0.4, 0.5) is 16.5 Å². The molecule has 138 valence electrons. The van der Waals surface area contributed by atoms with E-state index in [-0.39, 0.29) is 24.0 Å². The van der Waals surface area contributed by atoms with Gasteiger partial charge in [-0.2, -0.15) is 0 Å². The van der Waals surface area contributed by atoms with Crippen molar-refractivity contribution in [2.75, 3.05) is 5.32 Å². The van der Waals surface area contributed by atoms with Crippen LogP contribution in [0.3, 0.4) is 0 Å². The molecule has 26 heavy (non-hydrogen) atoms. The number of hydrogen-bond acceptors (Lipinski definition) is 8. The van der Waals surface area contributed by atoms with Gasteiger partial charge >= 0.3 is 0 Å². The summed E-state index contributed by atoms with van der Waals surface area (Å²) in [6.07, 6.45) is 2.23. The molecule has 10 nitrogen and oxygen atoms in total. The Kier molecular flexibility index (Phi) is 5.85. The highest BCUT2D eigenvalue weighted by atomic mass is 35.5. The van der Waals surface area contributed by atoms with Gasteiger partial charge in [0.05, 0.1) is 27.2 Å². The van der Waals surface area contributed by atoms with Crippen molar-refractivity contribution < 1.29 is 14.6 Å². The van der Waals surface area contributed by atoms with Gasteiger partial charge in [-0.25, -0.2) is 4.98 Å². The first kappa shape index (κ1) is 19.7. The first-order valence-corrected chi connectivity index (χ1v) is 8.14. The number of carbonyl (C=O) groups excluding carboxylic acids is 1. The number of nitrogens with one attached hydrogen (secondary N) is 1. The van der Waals surface area contributed by atoms with Crippen molar-refractivity contribution in [2.45, 2.75) is 25.3 Å². The van der Waals surface area contributed by atoms with E-state index >= 15 is 0 Å². The Morgan fingerprint density at radius 2 is 1.85 bits per heavy atom. The number of amides is 1. The van der Waals surface area contributed by atoms with Crippen LogP contribution in [0.1, 0.15) is 27.3 Å². The number of non-ortho nitro benzene ring substituents is 2. The number of carbonyl (C=O) groups is 1. The van der Waals surface area contributed by atoms with Gasteiger partial charge < -0.3 is 5.73 Å². The van der Waals surface area contributed by atoms with E-state index in [0.717, 1.165) is 41.6 Å². The first-order valence-electron chi connectivity index (χ1n) is 7.33. The molecule has 3 rings (SSSR count). The van der Waals surface area contributed by atoms with Crippen LogP contribution in [0.5, 0.6) is 0 Å². The van der Waals surface area contributed by atoms with Crippen LogP contribution < -0.4 is 11.1 Å². The minimum atomic E-state index is -0.784. The van der Waals surface area contributed by atoms with Gasteiger partial charge in [0.2, 0.25) is 0 Å². The minimum Gasteiger partial charge on any atom is -0.327 e. The van der Waals surface area contributed by atoms with Gasteiger partial charge in [-0.05, 0) is 19.3 Å². The van der Waals surface area contributed by atoms with Crippen molar-refractivity contribution in [1.29, 1.82) is 0 Å². The minimum absolute atomic E-state index is 0. The Hall–Kier alpha value is -2.63. The summed E-state index contributed by atoms with van der Waals surface area (Å²) in [4.78, 5) is 37.9. The fraction of sp³-hybridized carbons (Fsp3) is 0.286. The predicted molar refractivity (Wildman–Crippen MR) is 97.1 cm³/mol. The average molecular weight is 400 g/mol. The number of benzene rings is 1. The van der Waals surface area contributed by atoms with E-state index in [0.29, 0.717) is 11.6 Å². The topological polar surface area (TPSA) is 154 Å². The molecule has 1 heterocycles. The molecular formula is C14H14ClN5O5S. The van der Waals surface area contributed by atoms with E-state index in [4.69, 9.17) is 5.73 Å². The Morgan fingerprint density at radius 3 is 2.42 bits per heavy atom. The third-order valence-electron chi connectivity index (χ3n) is 3.78. The van der Waals surface area contributed by atoms with Crippen LogP contribution in [-0.2, 0) is 12.8 Å². The van der Waals surface area contributed by atoms with E-state index in [1.165, 1.54) is 11.3 Å². The molecule has 0 unspecified atom stereocenters. The molecule has 0 saturated carbocycles. The SMILES string of the molecule is Cl.N[C@H]1CCc2nc(NC(=O)c3cc([N+](=O)[O-])cc([N+](=O)[O-])c3)sc2C1. The maximum absolute atomic E-state index is 12.3. The lowest BCUT2D eigenvalue weighted by molar-refractivity contribution is -0.394. The summed E-state index contributed by atoms with van der Waals surface area (Å²) in [6, 6.07) is 2.86. The highest BCUT2D eigenvalue weighted by molar-refractivity contribution is 7.15. The zero-order valence-corrected chi connectivity index (χ0v) is 14.8. The molecule has 1 aromatic heterocycles. The number of hydrogen-bond donors (Lipinski definition) is 2. The van der Waals surface area contributed by atoms with Gasteiger partial charge in [-0.3, -0.25) is 30.3 Å². The van der Waals surface area contributed by atoms with E-state index in [2.05, 4.69) is 10.3 Å². The number of nitrogens with zero attached hydrogens (tertiary/aromatic N) is 3. The molecule has 12 heteroatoms. The number of nitro benzene ring substituents is 2. The van der Waals surface area contributed by atoms with Crippen molar-refractivity contribution >= 4 is 46.2 Å². The average Bonchev–Trinajstić information content (AvgIpc) is 2.95. The Balaban J connectivity index is 0.00000243. The largest absolute Gasteiger partial charge is 0.327 e. The van der Waals surface area contributed by atoms with Crippen molar-refractivity contribution in [1.82, 2.24) is 4.98 Å². The second-order valence-corrected chi connectivity index (χ2v) is 6.68. The van der Waals surface area contributed by atoms with Gasteiger partial charge in [0.15, 0.2) is 5.13 Å². The third kappa shape index (κ3) is 4.12. The second-order valence-electron chi connectivity index (χ2n) is 5.60. The number of nitrogens with two attached hydrogens (primary N) is 1. The highest BCUT2D eigenvalue weighted by Crippen LogP contribution is 2.30. The summed E-state index contributed by atoms with van der Waals surface area (Å²) in [5, 5.41) is 24.7. The Labute approximate surface area is 157 Å². The number of nitro groups is 2. The molecule has 2 aromatic rings. The van der Waals surface area contributed by atoms with Gasteiger partial charge in [-0.15, -0.1) is 23.7 Å². The van der Waals surface area contributed by atoms with E-state index in [9.17, 15) is 25.0 Å². The molecule has 0 spiro atoms. The lowest BCUT2D eigenvalue weighted by atomic mass is 9.99. The van der Waals surface area contributed by atoms with Crippen LogP contribution in [0.2, 0.25) is 0 Å². The summed E-state index contributed by atoms with van der Waals surface area (Å²) >= 11 is 1.29. The van der Waals surface area contributed by atoms with Crippen LogP contribution in [-0.4, -0.2) is 26.8 Å². The summed E-state index contributed by atoms with van der Waals surface area (Å²) < 4.78 is 0. The van der Waals surface area contributed by atoms with Crippen molar-refractivity contribution in [3.8, 4) is 0 Å². The fourth-order valence-electron chi connectivity index (χ4n) is 2.56. The maximum Gasteiger partial charge on any atom is 0.277 e. The number of thiazole rings is 1. The van der Waals surface area contributed by atoms with Crippen molar-refractivity contribution in [3.05, 3.63) is 54.6 Å². The van der Waals surface area contributed by atoms with Gasteiger partial charge in [-0.1, -0.05) is 0 Å². The number of anilines is 1. The quantitative estimate of drug-likeness (QED) is 0.590. The summed E-state index contributed by atoms with van der Waals surface area (Å²) in [6.45, 7) is 0. The van der Waals surface area contributed by atoms with Crippen LogP contribution in [0.15, 0.2) is 18.2 Å². The molecule has 1 aromatic carbocycles. The molecule has 0 saturated heterocycles. The van der Waals surface area contributed by atoms with E-state index in [1.54, 1.807) is 0 Å². The van der Waals surface area contributed by atoms with Crippen LogP contribution in [0, 0.1) is 20.2 Å². The molecule has 0 fully saturated rings. The summed E-state index contributed by atoms with van der Waals surface area (Å²) in [5.74, 6) is -0.692. The lowest BCUT2D eigenvalue weighted by Gasteiger charge is -2.15. The Morgan fingerprint density at radius 1 is 1.23 bits per heavy atom. The van der Waals surface area contributed by atoms with Crippen molar-refractivity contribution in [3.63, 3.8) is 0 Å².